The maximum Gasteiger partial charge on any atom is 0.313 e. The molecular weight excluding hydrogens is 360 g/mol. The third-order valence-electron chi connectivity index (χ3n) is 4.54. The molecule has 1 aromatic heterocycles. The molecule has 2 heterocycles. The Morgan fingerprint density at radius 2 is 1.96 bits per heavy atom. The SMILES string of the molecule is Cn1ccnc1C(=O)c1cccc(NC(=O)C(=O)NCCN2CCNCC2)c1. The van der Waals surface area contributed by atoms with Gasteiger partial charge in [-0.25, -0.2) is 4.98 Å². The molecule has 0 radical (unpaired) electrons. The lowest BCUT2D eigenvalue weighted by Gasteiger charge is -2.26. The van der Waals surface area contributed by atoms with Crippen LogP contribution in [0.4, 0.5) is 5.69 Å². The number of imidazole rings is 1. The van der Waals surface area contributed by atoms with Crippen molar-refractivity contribution in [3.63, 3.8) is 0 Å². The van der Waals surface area contributed by atoms with Crippen LogP contribution in [0.15, 0.2) is 36.7 Å². The summed E-state index contributed by atoms with van der Waals surface area (Å²) in [6.07, 6.45) is 3.23. The number of aryl methyl sites for hydroxylation is 1. The van der Waals surface area contributed by atoms with Gasteiger partial charge in [-0.1, -0.05) is 12.1 Å². The highest BCUT2D eigenvalue weighted by atomic mass is 16.2. The van der Waals surface area contributed by atoms with E-state index in [1.54, 1.807) is 42.2 Å². The minimum absolute atomic E-state index is 0.260. The summed E-state index contributed by atoms with van der Waals surface area (Å²) in [5.41, 5.74) is 0.758. The number of rotatable bonds is 6. The lowest BCUT2D eigenvalue weighted by Crippen LogP contribution is -2.47. The Bertz CT molecular complexity index is 857. The first-order chi connectivity index (χ1) is 13.5. The molecular formula is C19H24N6O3. The van der Waals surface area contributed by atoms with Crippen LogP contribution in [0.2, 0.25) is 0 Å². The van der Waals surface area contributed by atoms with Crippen LogP contribution in [-0.2, 0) is 16.6 Å². The number of aromatic nitrogens is 2. The van der Waals surface area contributed by atoms with Crippen molar-refractivity contribution in [1.29, 1.82) is 0 Å². The van der Waals surface area contributed by atoms with Crippen molar-refractivity contribution in [3.05, 3.63) is 48.0 Å². The average Bonchev–Trinajstić information content (AvgIpc) is 3.14. The van der Waals surface area contributed by atoms with Crippen LogP contribution in [0.1, 0.15) is 16.2 Å². The van der Waals surface area contributed by atoms with Crippen molar-refractivity contribution in [3.8, 4) is 0 Å². The molecule has 0 atom stereocenters. The molecule has 2 amide bonds. The zero-order chi connectivity index (χ0) is 19.9. The molecule has 0 saturated carbocycles. The number of amides is 2. The third kappa shape index (κ3) is 5.02. The minimum atomic E-state index is -0.762. The van der Waals surface area contributed by atoms with E-state index in [1.165, 1.54) is 6.07 Å². The van der Waals surface area contributed by atoms with Gasteiger partial charge >= 0.3 is 11.8 Å². The highest BCUT2D eigenvalue weighted by Crippen LogP contribution is 2.14. The second-order valence-corrected chi connectivity index (χ2v) is 6.57. The summed E-state index contributed by atoms with van der Waals surface area (Å²) in [6.45, 7) is 4.83. The second-order valence-electron chi connectivity index (χ2n) is 6.57. The zero-order valence-electron chi connectivity index (χ0n) is 15.8. The minimum Gasteiger partial charge on any atom is -0.347 e. The van der Waals surface area contributed by atoms with E-state index in [4.69, 9.17) is 0 Å². The van der Waals surface area contributed by atoms with Crippen molar-refractivity contribution >= 4 is 23.3 Å². The van der Waals surface area contributed by atoms with E-state index in [0.717, 1.165) is 26.2 Å². The molecule has 0 aliphatic carbocycles. The van der Waals surface area contributed by atoms with Crippen LogP contribution in [0.25, 0.3) is 0 Å². The summed E-state index contributed by atoms with van der Waals surface area (Å²) in [5.74, 6) is -1.42. The van der Waals surface area contributed by atoms with Gasteiger partial charge in [0.1, 0.15) is 0 Å². The summed E-state index contributed by atoms with van der Waals surface area (Å²) in [4.78, 5) is 42.9. The molecule has 1 saturated heterocycles. The van der Waals surface area contributed by atoms with Crippen molar-refractivity contribution in [1.82, 2.24) is 25.1 Å². The Morgan fingerprint density at radius 1 is 1.18 bits per heavy atom. The van der Waals surface area contributed by atoms with Gasteiger partial charge in [0, 0.05) is 70.0 Å². The largest absolute Gasteiger partial charge is 0.347 e. The molecule has 0 spiro atoms. The van der Waals surface area contributed by atoms with Crippen molar-refractivity contribution in [2.45, 2.75) is 0 Å². The predicted octanol–water partition coefficient (Wildman–Crippen LogP) is -0.389. The monoisotopic (exact) mass is 384 g/mol. The fraction of sp³-hybridized carbons (Fsp3) is 0.368. The first kappa shape index (κ1) is 19.7. The number of benzene rings is 1. The summed E-state index contributed by atoms with van der Waals surface area (Å²) >= 11 is 0. The highest BCUT2D eigenvalue weighted by Gasteiger charge is 2.17. The Labute approximate surface area is 163 Å². The maximum absolute atomic E-state index is 12.5. The fourth-order valence-corrected chi connectivity index (χ4v) is 2.98. The molecule has 1 fully saturated rings. The summed E-state index contributed by atoms with van der Waals surface area (Å²) < 4.78 is 1.62. The summed E-state index contributed by atoms with van der Waals surface area (Å²) in [7, 11) is 1.73. The quantitative estimate of drug-likeness (QED) is 0.463. The molecule has 148 valence electrons. The summed E-state index contributed by atoms with van der Waals surface area (Å²) in [6, 6.07) is 6.44. The molecule has 9 heteroatoms. The third-order valence-corrected chi connectivity index (χ3v) is 4.54. The van der Waals surface area contributed by atoms with Gasteiger partial charge in [-0.2, -0.15) is 0 Å². The Morgan fingerprint density at radius 3 is 2.68 bits per heavy atom. The van der Waals surface area contributed by atoms with Gasteiger partial charge in [0.2, 0.25) is 5.78 Å². The van der Waals surface area contributed by atoms with Crippen LogP contribution >= 0.6 is 0 Å². The standard InChI is InChI=1S/C19H24N6O3/c1-24-9-7-21-17(24)16(26)14-3-2-4-15(13-14)23-19(28)18(27)22-8-12-25-10-5-20-6-11-25/h2-4,7,9,13,20H,5-6,8,10-12H2,1H3,(H,22,27)(H,23,28). The molecule has 1 aromatic carbocycles. The lowest BCUT2D eigenvalue weighted by atomic mass is 10.1. The second kappa shape index (κ2) is 9.25. The van der Waals surface area contributed by atoms with Gasteiger partial charge in [0.05, 0.1) is 0 Å². The predicted molar refractivity (Wildman–Crippen MR) is 104 cm³/mol. The van der Waals surface area contributed by atoms with Crippen LogP contribution < -0.4 is 16.0 Å². The van der Waals surface area contributed by atoms with Gasteiger partial charge in [0.25, 0.3) is 0 Å². The number of nitrogens with one attached hydrogen (secondary N) is 3. The lowest BCUT2D eigenvalue weighted by molar-refractivity contribution is -0.136. The topological polar surface area (TPSA) is 108 Å². The van der Waals surface area contributed by atoms with Crippen LogP contribution in [0.3, 0.4) is 0 Å². The van der Waals surface area contributed by atoms with Gasteiger partial charge in [0.15, 0.2) is 5.82 Å². The Hall–Kier alpha value is -3.04. The van der Waals surface area contributed by atoms with E-state index >= 15 is 0 Å². The molecule has 3 rings (SSSR count). The first-order valence-corrected chi connectivity index (χ1v) is 9.19. The average molecular weight is 384 g/mol. The number of ketones is 1. The number of hydrogen-bond acceptors (Lipinski definition) is 6. The van der Waals surface area contributed by atoms with Crippen molar-refractivity contribution < 1.29 is 14.4 Å². The smallest absolute Gasteiger partial charge is 0.313 e. The van der Waals surface area contributed by atoms with E-state index in [-0.39, 0.29) is 5.78 Å². The fourth-order valence-electron chi connectivity index (χ4n) is 2.98. The van der Waals surface area contributed by atoms with Crippen molar-refractivity contribution in [2.75, 3.05) is 44.6 Å². The molecule has 9 nitrogen and oxygen atoms in total. The maximum atomic E-state index is 12.5. The first-order valence-electron chi connectivity index (χ1n) is 9.19. The van der Waals surface area contributed by atoms with Crippen LogP contribution in [0.5, 0.6) is 0 Å². The number of piperazine rings is 1. The number of hydrogen-bond donors (Lipinski definition) is 3. The van der Waals surface area contributed by atoms with Gasteiger partial charge < -0.3 is 20.5 Å². The number of nitrogens with zero attached hydrogens (tertiary/aromatic N) is 3. The molecule has 3 N–H and O–H groups in total. The Balaban J connectivity index is 1.52. The molecule has 1 aliphatic heterocycles. The molecule has 1 aliphatic rings. The van der Waals surface area contributed by atoms with Crippen molar-refractivity contribution in [2.24, 2.45) is 7.05 Å². The zero-order valence-corrected chi connectivity index (χ0v) is 15.8. The Kier molecular flexibility index (Phi) is 6.51. The molecule has 0 unspecified atom stereocenters. The van der Waals surface area contributed by atoms with Gasteiger partial charge in [-0.05, 0) is 12.1 Å². The number of carbonyl (C=O) groups excluding carboxylic acids is 3. The van der Waals surface area contributed by atoms with Gasteiger partial charge in [-0.3, -0.25) is 19.3 Å². The summed E-state index contributed by atoms with van der Waals surface area (Å²) in [5, 5.41) is 8.42. The normalized spacial score (nSPS) is 14.5. The highest BCUT2D eigenvalue weighted by molar-refractivity contribution is 6.39. The van der Waals surface area contributed by atoms with Gasteiger partial charge in [-0.15, -0.1) is 0 Å². The van der Waals surface area contributed by atoms with E-state index in [0.29, 0.717) is 30.2 Å². The molecule has 0 bridgehead atoms. The molecule has 2 aromatic rings. The van der Waals surface area contributed by atoms with E-state index < -0.39 is 11.8 Å². The van der Waals surface area contributed by atoms with Crippen LogP contribution in [0, 0.1) is 0 Å². The van der Waals surface area contributed by atoms with E-state index in [2.05, 4.69) is 25.8 Å². The number of anilines is 1. The molecule has 28 heavy (non-hydrogen) atoms. The number of carbonyl (C=O) groups is 3. The van der Waals surface area contributed by atoms with E-state index in [1.807, 2.05) is 0 Å². The van der Waals surface area contributed by atoms with E-state index in [9.17, 15) is 14.4 Å². The van der Waals surface area contributed by atoms with Crippen LogP contribution in [-0.4, -0.2) is 71.3 Å².